The molecule has 0 radical (unpaired) electrons. The Morgan fingerprint density at radius 3 is 2.24 bits per heavy atom. The van der Waals surface area contributed by atoms with Crippen LogP contribution in [-0.2, 0) is 5.41 Å². The van der Waals surface area contributed by atoms with Gasteiger partial charge in [-0.2, -0.15) is 0 Å². The van der Waals surface area contributed by atoms with Gasteiger partial charge in [0.25, 0.3) is 0 Å². The number of ether oxygens (including phenoxy) is 1. The van der Waals surface area contributed by atoms with Crippen molar-refractivity contribution >= 4 is 47.8 Å². The number of alkyl halides is 2. The van der Waals surface area contributed by atoms with Gasteiger partial charge in [0, 0.05) is 20.5 Å². The summed E-state index contributed by atoms with van der Waals surface area (Å²) in [5, 5.41) is 1.80. The van der Waals surface area contributed by atoms with E-state index in [9.17, 15) is 0 Å². The van der Waals surface area contributed by atoms with Gasteiger partial charge in [-0.25, -0.2) is 0 Å². The summed E-state index contributed by atoms with van der Waals surface area (Å²) in [6.45, 7) is 0.683. The summed E-state index contributed by atoms with van der Waals surface area (Å²) in [6.07, 6.45) is 0.944. The Hall–Kier alpha value is -0.320. The number of hydrogen-bond donors (Lipinski definition) is 0. The molecule has 2 rings (SSSR count). The second kappa shape index (κ2) is 8.35. The van der Waals surface area contributed by atoms with Crippen LogP contribution in [0.25, 0.3) is 0 Å². The zero-order valence-corrected chi connectivity index (χ0v) is 16.3. The minimum absolute atomic E-state index is 0.0489. The van der Waals surface area contributed by atoms with E-state index in [4.69, 9.17) is 4.74 Å². The van der Waals surface area contributed by atoms with Crippen LogP contribution in [0.4, 0.5) is 0 Å². The molecule has 1 nitrogen and oxygen atoms in total. The monoisotopic (exact) mass is 474 g/mol. The van der Waals surface area contributed by atoms with E-state index in [-0.39, 0.29) is 5.41 Å². The molecule has 0 saturated carbocycles. The first kappa shape index (κ1) is 17.0. The molecule has 0 saturated heterocycles. The molecule has 0 spiro atoms. The molecule has 0 aliphatic rings. The van der Waals surface area contributed by atoms with Crippen LogP contribution >= 0.6 is 47.8 Å². The summed E-state index contributed by atoms with van der Waals surface area (Å²) in [6, 6.07) is 18.5. The van der Waals surface area contributed by atoms with Gasteiger partial charge in [-0.1, -0.05) is 84.2 Å². The first-order valence-corrected chi connectivity index (χ1v) is 9.79. The highest BCUT2D eigenvalue weighted by Crippen LogP contribution is 2.32. The molecule has 0 fully saturated rings. The van der Waals surface area contributed by atoms with Crippen molar-refractivity contribution in [2.75, 3.05) is 17.3 Å². The maximum Gasteiger partial charge on any atom is 0.120 e. The summed E-state index contributed by atoms with van der Waals surface area (Å²) < 4.78 is 6.93. The molecule has 4 heteroatoms. The Labute approximate surface area is 151 Å². The van der Waals surface area contributed by atoms with Crippen LogP contribution < -0.4 is 4.74 Å². The summed E-state index contributed by atoms with van der Waals surface area (Å²) in [5.41, 5.74) is 1.38. The second-order valence-electron chi connectivity index (χ2n) is 4.97. The molecule has 2 aromatic rings. The summed E-state index contributed by atoms with van der Waals surface area (Å²) in [4.78, 5) is 0. The van der Waals surface area contributed by atoms with Gasteiger partial charge in [-0.15, -0.1) is 0 Å². The van der Waals surface area contributed by atoms with Gasteiger partial charge in [0.1, 0.15) is 5.75 Å². The van der Waals surface area contributed by atoms with E-state index in [1.165, 1.54) is 5.56 Å². The summed E-state index contributed by atoms with van der Waals surface area (Å²) in [5.74, 6) is 0.899. The molecule has 0 heterocycles. The Balaban J connectivity index is 2.04. The summed E-state index contributed by atoms with van der Waals surface area (Å²) in [7, 11) is 0. The highest BCUT2D eigenvalue weighted by atomic mass is 79.9. The number of hydrogen-bond acceptors (Lipinski definition) is 1. The minimum Gasteiger partial charge on any atom is -0.494 e. The van der Waals surface area contributed by atoms with E-state index in [2.05, 4.69) is 78.1 Å². The zero-order valence-electron chi connectivity index (χ0n) is 11.6. The third-order valence-electron chi connectivity index (χ3n) is 3.54. The molecular weight excluding hydrogens is 460 g/mol. The van der Waals surface area contributed by atoms with Crippen molar-refractivity contribution in [3.05, 3.63) is 64.6 Å². The number of halogens is 3. The molecule has 2 aromatic carbocycles. The quantitative estimate of drug-likeness (QED) is 0.449. The van der Waals surface area contributed by atoms with Gasteiger partial charge in [0.05, 0.1) is 6.61 Å². The lowest BCUT2D eigenvalue weighted by Crippen LogP contribution is -2.32. The molecular formula is C17H17Br3O. The van der Waals surface area contributed by atoms with Crippen LogP contribution in [0.1, 0.15) is 12.0 Å². The smallest absolute Gasteiger partial charge is 0.120 e. The van der Waals surface area contributed by atoms with Crippen LogP contribution in [0.3, 0.4) is 0 Å². The van der Waals surface area contributed by atoms with Crippen LogP contribution in [-0.4, -0.2) is 17.3 Å². The van der Waals surface area contributed by atoms with Crippen molar-refractivity contribution in [2.45, 2.75) is 11.8 Å². The third kappa shape index (κ3) is 4.57. The van der Waals surface area contributed by atoms with E-state index in [1.807, 2.05) is 24.3 Å². The zero-order chi connectivity index (χ0) is 15.1. The molecule has 112 valence electrons. The van der Waals surface area contributed by atoms with Gasteiger partial charge in [-0.3, -0.25) is 0 Å². The van der Waals surface area contributed by atoms with Crippen LogP contribution in [0.15, 0.2) is 59.1 Å². The highest BCUT2D eigenvalue weighted by Gasteiger charge is 2.29. The lowest BCUT2D eigenvalue weighted by molar-refractivity contribution is 0.277. The van der Waals surface area contributed by atoms with E-state index < -0.39 is 0 Å². The van der Waals surface area contributed by atoms with E-state index in [0.29, 0.717) is 6.61 Å². The van der Waals surface area contributed by atoms with Crippen molar-refractivity contribution in [1.82, 2.24) is 0 Å². The van der Waals surface area contributed by atoms with Crippen molar-refractivity contribution in [1.29, 1.82) is 0 Å². The molecule has 0 unspecified atom stereocenters. The van der Waals surface area contributed by atoms with Gasteiger partial charge >= 0.3 is 0 Å². The lowest BCUT2D eigenvalue weighted by atomic mass is 9.82. The van der Waals surface area contributed by atoms with Crippen molar-refractivity contribution in [3.8, 4) is 5.75 Å². The summed E-state index contributed by atoms with van der Waals surface area (Å²) >= 11 is 10.8. The average Bonchev–Trinajstić information content (AvgIpc) is 2.53. The Bertz CT molecular complexity index is 553. The van der Waals surface area contributed by atoms with E-state index in [1.54, 1.807) is 0 Å². The minimum atomic E-state index is 0.0489. The first-order chi connectivity index (χ1) is 10.2. The standard InChI is InChI=1S/C17H17Br3O/c18-12-17(13-19,14-5-2-1-3-6-14)9-10-21-16-8-4-7-15(20)11-16/h1-8,11H,9-10,12-13H2. The largest absolute Gasteiger partial charge is 0.494 e. The van der Waals surface area contributed by atoms with Gasteiger partial charge in [0.2, 0.25) is 0 Å². The normalized spacial score (nSPS) is 11.4. The molecule has 0 atom stereocenters. The van der Waals surface area contributed by atoms with Gasteiger partial charge in [0.15, 0.2) is 0 Å². The maximum atomic E-state index is 5.90. The van der Waals surface area contributed by atoms with E-state index in [0.717, 1.165) is 27.3 Å². The second-order valence-corrected chi connectivity index (χ2v) is 7.01. The molecule has 0 aliphatic heterocycles. The maximum absolute atomic E-state index is 5.90. The van der Waals surface area contributed by atoms with E-state index >= 15 is 0 Å². The number of rotatable bonds is 7. The fraction of sp³-hybridized carbons (Fsp3) is 0.294. The molecule has 0 bridgehead atoms. The number of benzene rings is 2. The Kier molecular flexibility index (Phi) is 6.77. The van der Waals surface area contributed by atoms with Crippen LogP contribution in [0.2, 0.25) is 0 Å². The van der Waals surface area contributed by atoms with Crippen molar-refractivity contribution < 1.29 is 4.74 Å². The molecule has 0 N–H and O–H groups in total. The van der Waals surface area contributed by atoms with Gasteiger partial charge < -0.3 is 4.74 Å². The predicted molar refractivity (Wildman–Crippen MR) is 100.0 cm³/mol. The topological polar surface area (TPSA) is 9.23 Å². The SMILES string of the molecule is BrCC(CBr)(CCOc1cccc(Br)c1)c1ccccc1. The molecule has 0 amide bonds. The van der Waals surface area contributed by atoms with Gasteiger partial charge in [-0.05, 0) is 30.2 Å². The van der Waals surface area contributed by atoms with Crippen LogP contribution in [0.5, 0.6) is 5.75 Å². The molecule has 21 heavy (non-hydrogen) atoms. The Morgan fingerprint density at radius 1 is 0.905 bits per heavy atom. The lowest BCUT2D eigenvalue weighted by Gasteiger charge is -2.30. The fourth-order valence-corrected chi connectivity index (χ4v) is 4.70. The van der Waals surface area contributed by atoms with Crippen molar-refractivity contribution in [2.24, 2.45) is 0 Å². The molecule has 0 aliphatic carbocycles. The third-order valence-corrected chi connectivity index (χ3v) is 6.18. The van der Waals surface area contributed by atoms with Crippen molar-refractivity contribution in [3.63, 3.8) is 0 Å². The van der Waals surface area contributed by atoms with Crippen LogP contribution in [0, 0.1) is 0 Å². The highest BCUT2D eigenvalue weighted by molar-refractivity contribution is 9.10. The molecule has 0 aromatic heterocycles. The first-order valence-electron chi connectivity index (χ1n) is 6.76. The Morgan fingerprint density at radius 2 is 1.62 bits per heavy atom. The predicted octanol–water partition coefficient (Wildman–Crippen LogP) is 5.95. The fourth-order valence-electron chi connectivity index (χ4n) is 2.18. The average molecular weight is 477 g/mol.